The molecule has 0 unspecified atom stereocenters. The number of aromatic nitrogens is 4. The molecule has 0 aliphatic heterocycles. The maximum atomic E-state index is 6.41. The van der Waals surface area contributed by atoms with Crippen molar-refractivity contribution in [1.82, 2.24) is 19.9 Å². The Kier molecular flexibility index (Phi) is 7.40. The predicted molar refractivity (Wildman–Crippen MR) is 215 cm³/mol. The molecule has 0 saturated heterocycles. The molecule has 0 N–H and O–H groups in total. The summed E-state index contributed by atoms with van der Waals surface area (Å²) in [7, 11) is 0. The number of para-hydroxylation sites is 1. The Labute approximate surface area is 305 Å². The molecule has 0 aliphatic rings. The maximum absolute atomic E-state index is 6.41. The maximum Gasteiger partial charge on any atom is 0.227 e. The molecule has 0 amide bonds. The summed E-state index contributed by atoms with van der Waals surface area (Å²) in [6, 6.07) is 62.1. The third-order valence-electron chi connectivity index (χ3n) is 9.74. The van der Waals surface area contributed by atoms with Gasteiger partial charge in [0.15, 0.2) is 11.4 Å². The van der Waals surface area contributed by atoms with Crippen LogP contribution in [0.2, 0.25) is 0 Å². The second-order valence-corrected chi connectivity index (χ2v) is 13.0. The summed E-state index contributed by atoms with van der Waals surface area (Å²) in [6.45, 7) is 0. The Balaban J connectivity index is 0.989. The molecule has 5 heteroatoms. The van der Waals surface area contributed by atoms with Crippen molar-refractivity contribution in [2.24, 2.45) is 0 Å². The van der Waals surface area contributed by atoms with Gasteiger partial charge in [0.05, 0.1) is 22.6 Å². The summed E-state index contributed by atoms with van der Waals surface area (Å²) in [5, 5.41) is 3.16. The van der Waals surface area contributed by atoms with Crippen LogP contribution in [0.3, 0.4) is 0 Å². The molecular weight excluding hydrogens is 649 g/mol. The molecule has 10 aromatic rings. The number of rotatable bonds is 6. The van der Waals surface area contributed by atoms with Crippen LogP contribution in [0.5, 0.6) is 0 Å². The number of pyridine rings is 1. The van der Waals surface area contributed by atoms with Crippen molar-refractivity contribution in [3.63, 3.8) is 0 Å². The van der Waals surface area contributed by atoms with Crippen molar-refractivity contribution in [3.8, 4) is 67.7 Å². The van der Waals surface area contributed by atoms with Crippen molar-refractivity contribution in [2.75, 3.05) is 0 Å². The first kappa shape index (κ1) is 30.6. The molecule has 5 nitrogen and oxygen atoms in total. The molecule has 0 fully saturated rings. The van der Waals surface area contributed by atoms with E-state index in [-0.39, 0.29) is 0 Å². The molecule has 3 aromatic heterocycles. The summed E-state index contributed by atoms with van der Waals surface area (Å²) >= 11 is 0. The van der Waals surface area contributed by atoms with Crippen molar-refractivity contribution in [2.45, 2.75) is 0 Å². The van der Waals surface area contributed by atoms with Gasteiger partial charge in [0.2, 0.25) is 5.89 Å². The van der Waals surface area contributed by atoms with E-state index in [1.54, 1.807) is 0 Å². The topological polar surface area (TPSA) is 64.7 Å². The number of hydrogen-bond acceptors (Lipinski definition) is 5. The average molecular weight is 679 g/mol. The summed E-state index contributed by atoms with van der Waals surface area (Å²) in [5.41, 5.74) is 12.5. The number of hydrogen-bond donors (Lipinski definition) is 0. The molecule has 0 aliphatic carbocycles. The SMILES string of the molecule is c1ccc(-c2cc(-c3ccc(-c4ccc(-c5nc6c(ccc7c(-c8ccccc8)nc8ccccc8c76)o5)cc4)cc3)nc(-c3ccccc3)n2)cc1. The van der Waals surface area contributed by atoms with Crippen molar-refractivity contribution in [3.05, 3.63) is 182 Å². The van der Waals surface area contributed by atoms with E-state index in [4.69, 9.17) is 24.4 Å². The van der Waals surface area contributed by atoms with Gasteiger partial charge in [0, 0.05) is 44.0 Å². The Bertz CT molecular complexity index is 2850. The normalized spacial score (nSPS) is 11.4. The molecule has 10 rings (SSSR count). The largest absolute Gasteiger partial charge is 0.436 e. The molecule has 0 bridgehead atoms. The molecule has 3 heterocycles. The van der Waals surface area contributed by atoms with Gasteiger partial charge in [-0.25, -0.2) is 19.9 Å². The van der Waals surface area contributed by atoms with E-state index in [1.165, 1.54) is 0 Å². The number of nitrogens with zero attached hydrogens (tertiary/aromatic N) is 4. The van der Waals surface area contributed by atoms with Crippen LogP contribution in [0.4, 0.5) is 0 Å². The Morgan fingerprint density at radius 3 is 1.55 bits per heavy atom. The molecule has 53 heavy (non-hydrogen) atoms. The molecule has 7 aromatic carbocycles. The van der Waals surface area contributed by atoms with Crippen LogP contribution < -0.4 is 0 Å². The Morgan fingerprint density at radius 2 is 0.887 bits per heavy atom. The molecule has 248 valence electrons. The Morgan fingerprint density at radius 1 is 0.358 bits per heavy atom. The summed E-state index contributed by atoms with van der Waals surface area (Å²) in [4.78, 5) is 20.1. The lowest BCUT2D eigenvalue weighted by Gasteiger charge is -2.10. The number of fused-ring (bicyclic) bond motifs is 5. The molecule has 0 spiro atoms. The third-order valence-corrected chi connectivity index (χ3v) is 9.74. The van der Waals surface area contributed by atoms with Crippen LogP contribution >= 0.6 is 0 Å². The predicted octanol–water partition coefficient (Wildman–Crippen LogP) is 12.3. The first-order valence-corrected chi connectivity index (χ1v) is 17.6. The minimum absolute atomic E-state index is 0.587. The lowest BCUT2D eigenvalue weighted by atomic mass is 9.99. The van der Waals surface area contributed by atoms with Crippen LogP contribution in [-0.4, -0.2) is 19.9 Å². The average Bonchev–Trinajstić information content (AvgIpc) is 3.69. The van der Waals surface area contributed by atoms with Gasteiger partial charge in [-0.15, -0.1) is 0 Å². The lowest BCUT2D eigenvalue weighted by Crippen LogP contribution is -1.95. The van der Waals surface area contributed by atoms with Gasteiger partial charge in [0.25, 0.3) is 0 Å². The van der Waals surface area contributed by atoms with Crippen LogP contribution in [0, 0.1) is 0 Å². The summed E-state index contributed by atoms with van der Waals surface area (Å²) < 4.78 is 6.41. The monoisotopic (exact) mass is 678 g/mol. The van der Waals surface area contributed by atoms with Gasteiger partial charge in [-0.2, -0.15) is 0 Å². The van der Waals surface area contributed by atoms with Crippen molar-refractivity contribution >= 4 is 32.8 Å². The minimum atomic E-state index is 0.587. The third kappa shape index (κ3) is 5.61. The fourth-order valence-electron chi connectivity index (χ4n) is 7.07. The van der Waals surface area contributed by atoms with Gasteiger partial charge in [-0.05, 0) is 47.5 Å². The molecule has 0 atom stereocenters. The first-order chi connectivity index (χ1) is 26.2. The standard InChI is InChI=1S/C48H30N4O/c1-4-12-33(13-5-1)41-30-42(51-47(50-41)36-16-8-3-9-17-36)34-24-20-31(21-25-34)32-22-26-37(27-23-32)48-52-46-43(53-48)29-28-39-44(46)38-18-10-11-19-40(38)49-45(39)35-14-6-2-7-15-35/h1-30H. The fraction of sp³-hybridized carbons (Fsp3) is 0. The molecule has 0 saturated carbocycles. The highest BCUT2D eigenvalue weighted by atomic mass is 16.3. The van der Waals surface area contributed by atoms with E-state index >= 15 is 0 Å². The fourth-order valence-corrected chi connectivity index (χ4v) is 7.07. The zero-order valence-corrected chi connectivity index (χ0v) is 28.5. The second kappa shape index (κ2) is 12.8. The van der Waals surface area contributed by atoms with Gasteiger partial charge >= 0.3 is 0 Å². The Hall–Kier alpha value is -7.24. The lowest BCUT2D eigenvalue weighted by molar-refractivity contribution is 0.620. The minimum Gasteiger partial charge on any atom is -0.436 e. The highest BCUT2D eigenvalue weighted by Gasteiger charge is 2.18. The number of benzene rings is 7. The summed E-state index contributed by atoms with van der Waals surface area (Å²) in [6.07, 6.45) is 0. The first-order valence-electron chi connectivity index (χ1n) is 17.6. The van der Waals surface area contributed by atoms with Gasteiger partial charge in [-0.1, -0.05) is 146 Å². The van der Waals surface area contributed by atoms with E-state index in [0.717, 1.165) is 88.8 Å². The number of oxazole rings is 1. The molecular formula is C48H30N4O. The van der Waals surface area contributed by atoms with Crippen molar-refractivity contribution < 1.29 is 4.42 Å². The zero-order valence-electron chi connectivity index (χ0n) is 28.5. The van der Waals surface area contributed by atoms with Crippen LogP contribution in [0.15, 0.2) is 186 Å². The zero-order chi connectivity index (χ0) is 35.1. The quantitative estimate of drug-likeness (QED) is 0.164. The second-order valence-electron chi connectivity index (χ2n) is 13.0. The van der Waals surface area contributed by atoms with Gasteiger partial charge in [-0.3, -0.25) is 0 Å². The highest BCUT2D eigenvalue weighted by molar-refractivity contribution is 6.20. The summed E-state index contributed by atoms with van der Waals surface area (Å²) in [5.74, 6) is 1.29. The van der Waals surface area contributed by atoms with Crippen LogP contribution in [0.1, 0.15) is 0 Å². The molecule has 0 radical (unpaired) electrons. The van der Waals surface area contributed by atoms with Crippen LogP contribution in [0.25, 0.3) is 101 Å². The van der Waals surface area contributed by atoms with Crippen molar-refractivity contribution in [1.29, 1.82) is 0 Å². The van der Waals surface area contributed by atoms with E-state index in [0.29, 0.717) is 11.7 Å². The van der Waals surface area contributed by atoms with E-state index in [1.807, 2.05) is 84.9 Å². The van der Waals surface area contributed by atoms with Gasteiger partial charge < -0.3 is 4.42 Å². The highest BCUT2D eigenvalue weighted by Crippen LogP contribution is 2.38. The van der Waals surface area contributed by atoms with Gasteiger partial charge in [0.1, 0.15) is 5.52 Å². The smallest absolute Gasteiger partial charge is 0.227 e. The van der Waals surface area contributed by atoms with E-state index in [9.17, 15) is 0 Å². The van der Waals surface area contributed by atoms with E-state index in [2.05, 4.69) is 97.1 Å². The van der Waals surface area contributed by atoms with Crippen LogP contribution in [-0.2, 0) is 0 Å². The van der Waals surface area contributed by atoms with E-state index < -0.39 is 0 Å².